The van der Waals surface area contributed by atoms with Crippen LogP contribution in [0.25, 0.3) is 0 Å². The van der Waals surface area contributed by atoms with Gasteiger partial charge < -0.3 is 5.32 Å². The van der Waals surface area contributed by atoms with Gasteiger partial charge in [0.2, 0.25) is 0 Å². The molecule has 0 radical (unpaired) electrons. The van der Waals surface area contributed by atoms with E-state index >= 15 is 0 Å². The molecular formula is C15H17ClN2O. The zero-order valence-electron chi connectivity index (χ0n) is 10.9. The van der Waals surface area contributed by atoms with E-state index in [-0.39, 0.29) is 5.91 Å². The summed E-state index contributed by atoms with van der Waals surface area (Å²) in [5.74, 6) is 0.361. The number of nitrogens with zero attached hydrogens (tertiary/aromatic N) is 1. The molecule has 1 aromatic rings. The highest BCUT2D eigenvalue weighted by Crippen LogP contribution is 2.32. The number of carbonyl (C=O) groups is 1. The van der Waals surface area contributed by atoms with Crippen LogP contribution in [0.2, 0.25) is 5.02 Å². The Hall–Kier alpha value is -1.53. The maximum absolute atomic E-state index is 12.2. The second-order valence-electron chi connectivity index (χ2n) is 5.31. The minimum absolute atomic E-state index is 0.262. The van der Waals surface area contributed by atoms with Crippen molar-refractivity contribution >= 4 is 17.5 Å². The standard InChI is InChI=1S/C15H17ClN2O/c1-11-6-8-15(10-17,9-7-11)18-14(19)12-4-2-3-5-13(12)16/h2-5,11H,6-9H2,1H3,(H,18,19). The molecule has 1 aliphatic carbocycles. The van der Waals surface area contributed by atoms with Gasteiger partial charge in [-0.3, -0.25) is 4.79 Å². The van der Waals surface area contributed by atoms with Crippen LogP contribution in [0.15, 0.2) is 24.3 Å². The molecule has 0 aromatic heterocycles. The van der Waals surface area contributed by atoms with Crippen molar-refractivity contribution in [1.82, 2.24) is 5.32 Å². The molecule has 19 heavy (non-hydrogen) atoms. The zero-order valence-corrected chi connectivity index (χ0v) is 11.7. The summed E-state index contributed by atoms with van der Waals surface area (Å²) in [6.07, 6.45) is 3.36. The lowest BCUT2D eigenvalue weighted by molar-refractivity contribution is 0.0894. The van der Waals surface area contributed by atoms with Crippen molar-refractivity contribution in [3.8, 4) is 6.07 Å². The SMILES string of the molecule is CC1CCC(C#N)(NC(=O)c2ccccc2Cl)CC1. The summed E-state index contributed by atoms with van der Waals surface area (Å²) < 4.78 is 0. The normalized spacial score (nSPS) is 26.5. The van der Waals surface area contributed by atoms with Crippen LogP contribution in [-0.4, -0.2) is 11.4 Å². The molecule has 1 amide bonds. The Morgan fingerprint density at radius 1 is 1.42 bits per heavy atom. The average molecular weight is 277 g/mol. The molecule has 0 aliphatic heterocycles. The first-order valence-corrected chi connectivity index (χ1v) is 6.92. The molecule has 0 saturated heterocycles. The van der Waals surface area contributed by atoms with E-state index in [9.17, 15) is 10.1 Å². The van der Waals surface area contributed by atoms with E-state index in [4.69, 9.17) is 11.6 Å². The van der Waals surface area contributed by atoms with Gasteiger partial charge in [-0.2, -0.15) is 5.26 Å². The largest absolute Gasteiger partial charge is 0.334 e. The van der Waals surface area contributed by atoms with Gasteiger partial charge in [-0.25, -0.2) is 0 Å². The lowest BCUT2D eigenvalue weighted by Crippen LogP contribution is -2.49. The first-order chi connectivity index (χ1) is 9.06. The van der Waals surface area contributed by atoms with Crippen molar-refractivity contribution in [1.29, 1.82) is 5.26 Å². The lowest BCUT2D eigenvalue weighted by Gasteiger charge is -2.34. The van der Waals surface area contributed by atoms with Crippen LogP contribution in [0.4, 0.5) is 0 Å². The summed E-state index contributed by atoms with van der Waals surface area (Å²) >= 11 is 6.00. The molecule has 1 fully saturated rings. The summed E-state index contributed by atoms with van der Waals surface area (Å²) in [5.41, 5.74) is -0.305. The third-order valence-corrected chi connectivity index (χ3v) is 4.14. The maximum atomic E-state index is 12.2. The van der Waals surface area contributed by atoms with Crippen LogP contribution >= 0.6 is 11.6 Å². The van der Waals surface area contributed by atoms with Gasteiger partial charge in [0.25, 0.3) is 5.91 Å². The summed E-state index contributed by atoms with van der Waals surface area (Å²) in [5, 5.41) is 12.7. The number of halogens is 1. The third-order valence-electron chi connectivity index (χ3n) is 3.81. The molecule has 0 unspecified atom stereocenters. The lowest BCUT2D eigenvalue weighted by atomic mass is 9.78. The Bertz CT molecular complexity index is 513. The second kappa shape index (κ2) is 5.63. The van der Waals surface area contributed by atoms with E-state index in [1.54, 1.807) is 24.3 Å². The van der Waals surface area contributed by atoms with Crippen LogP contribution in [0.1, 0.15) is 43.0 Å². The Kier molecular flexibility index (Phi) is 4.11. The molecule has 1 aromatic carbocycles. The number of hydrogen-bond donors (Lipinski definition) is 1. The summed E-state index contributed by atoms with van der Waals surface area (Å²) in [7, 11) is 0. The number of nitrogens with one attached hydrogen (secondary N) is 1. The molecule has 3 nitrogen and oxygen atoms in total. The van der Waals surface area contributed by atoms with Crippen molar-refractivity contribution in [2.75, 3.05) is 0 Å². The van der Waals surface area contributed by atoms with E-state index in [2.05, 4.69) is 18.3 Å². The first-order valence-electron chi connectivity index (χ1n) is 6.55. The predicted molar refractivity (Wildman–Crippen MR) is 74.9 cm³/mol. The van der Waals surface area contributed by atoms with Gasteiger partial charge in [-0.15, -0.1) is 0 Å². The van der Waals surface area contributed by atoms with E-state index in [0.717, 1.165) is 12.8 Å². The van der Waals surface area contributed by atoms with Gasteiger partial charge in [0.15, 0.2) is 0 Å². The van der Waals surface area contributed by atoms with Gasteiger partial charge in [0, 0.05) is 0 Å². The molecule has 0 atom stereocenters. The number of benzene rings is 1. The fourth-order valence-electron chi connectivity index (χ4n) is 2.45. The highest BCUT2D eigenvalue weighted by atomic mass is 35.5. The van der Waals surface area contributed by atoms with E-state index in [0.29, 0.717) is 29.3 Å². The molecule has 0 spiro atoms. The topological polar surface area (TPSA) is 52.9 Å². The van der Waals surface area contributed by atoms with Gasteiger partial charge >= 0.3 is 0 Å². The minimum atomic E-state index is -0.733. The predicted octanol–water partition coefficient (Wildman–Crippen LogP) is 3.54. The third kappa shape index (κ3) is 3.08. The van der Waals surface area contributed by atoms with Gasteiger partial charge in [0.05, 0.1) is 16.7 Å². The van der Waals surface area contributed by atoms with Crippen LogP contribution in [-0.2, 0) is 0 Å². The quantitative estimate of drug-likeness (QED) is 0.898. The first kappa shape index (κ1) is 13.9. The zero-order chi connectivity index (χ0) is 13.9. The fraction of sp³-hybridized carbons (Fsp3) is 0.467. The number of hydrogen-bond acceptors (Lipinski definition) is 2. The maximum Gasteiger partial charge on any atom is 0.254 e. The Morgan fingerprint density at radius 3 is 2.63 bits per heavy atom. The Morgan fingerprint density at radius 2 is 2.05 bits per heavy atom. The van der Waals surface area contributed by atoms with Crippen molar-refractivity contribution < 1.29 is 4.79 Å². The second-order valence-corrected chi connectivity index (χ2v) is 5.72. The summed E-state index contributed by atoms with van der Waals surface area (Å²) in [4.78, 5) is 12.2. The van der Waals surface area contributed by atoms with E-state index < -0.39 is 5.54 Å². The van der Waals surface area contributed by atoms with Crippen molar-refractivity contribution in [2.24, 2.45) is 5.92 Å². The molecule has 1 saturated carbocycles. The minimum Gasteiger partial charge on any atom is -0.334 e. The van der Waals surface area contributed by atoms with Gasteiger partial charge in [0.1, 0.15) is 5.54 Å². The number of rotatable bonds is 2. The van der Waals surface area contributed by atoms with Gasteiger partial charge in [-0.1, -0.05) is 30.7 Å². The number of carbonyl (C=O) groups excluding carboxylic acids is 1. The van der Waals surface area contributed by atoms with Crippen LogP contribution in [0.3, 0.4) is 0 Å². The van der Waals surface area contributed by atoms with Crippen LogP contribution in [0.5, 0.6) is 0 Å². The monoisotopic (exact) mass is 276 g/mol. The summed E-state index contributed by atoms with van der Waals surface area (Å²) in [6, 6.07) is 9.18. The molecule has 1 N–H and O–H groups in total. The molecular weight excluding hydrogens is 260 g/mol. The molecule has 0 bridgehead atoms. The molecule has 100 valence electrons. The Labute approximate surface area is 118 Å². The fourth-order valence-corrected chi connectivity index (χ4v) is 2.67. The Balaban J connectivity index is 2.14. The highest BCUT2D eigenvalue weighted by molar-refractivity contribution is 6.33. The number of amides is 1. The highest BCUT2D eigenvalue weighted by Gasteiger charge is 2.36. The van der Waals surface area contributed by atoms with Crippen molar-refractivity contribution in [2.45, 2.75) is 38.1 Å². The van der Waals surface area contributed by atoms with Gasteiger partial charge in [-0.05, 0) is 43.7 Å². The molecule has 0 heterocycles. The molecule has 4 heteroatoms. The average Bonchev–Trinajstić information content (AvgIpc) is 2.42. The van der Waals surface area contributed by atoms with E-state index in [1.807, 2.05) is 0 Å². The van der Waals surface area contributed by atoms with E-state index in [1.165, 1.54) is 0 Å². The van der Waals surface area contributed by atoms with Crippen LogP contribution < -0.4 is 5.32 Å². The summed E-state index contributed by atoms with van der Waals surface area (Å²) in [6.45, 7) is 2.18. The van der Waals surface area contributed by atoms with Crippen molar-refractivity contribution in [3.05, 3.63) is 34.9 Å². The van der Waals surface area contributed by atoms with Crippen molar-refractivity contribution in [3.63, 3.8) is 0 Å². The number of nitriles is 1. The molecule has 2 rings (SSSR count). The van der Waals surface area contributed by atoms with Crippen LogP contribution in [0, 0.1) is 17.2 Å². The smallest absolute Gasteiger partial charge is 0.254 e. The molecule has 1 aliphatic rings.